The lowest BCUT2D eigenvalue weighted by atomic mass is 10.1. The van der Waals surface area contributed by atoms with Gasteiger partial charge in [-0.2, -0.15) is 0 Å². The van der Waals surface area contributed by atoms with Crippen LogP contribution in [0.5, 0.6) is 0 Å². The highest BCUT2D eigenvalue weighted by Gasteiger charge is 2.11. The van der Waals surface area contributed by atoms with Crippen molar-refractivity contribution in [2.24, 2.45) is 0 Å². The lowest BCUT2D eigenvalue weighted by Crippen LogP contribution is -1.96. The van der Waals surface area contributed by atoms with Gasteiger partial charge in [0.1, 0.15) is 5.69 Å². The number of nitrogens with zero attached hydrogens (tertiary/aromatic N) is 3. The van der Waals surface area contributed by atoms with Crippen LogP contribution in [0.2, 0.25) is 0 Å². The maximum Gasteiger partial charge on any atom is 0.178 e. The molecule has 0 saturated carbocycles. The molecule has 0 atom stereocenters. The van der Waals surface area contributed by atoms with Crippen LogP contribution in [-0.4, -0.2) is 15.0 Å². The highest BCUT2D eigenvalue weighted by Crippen LogP contribution is 2.26. The molecule has 0 aliphatic carbocycles. The van der Waals surface area contributed by atoms with Gasteiger partial charge < -0.3 is 0 Å². The van der Waals surface area contributed by atoms with Crippen LogP contribution in [0.15, 0.2) is 60.8 Å². The molecule has 2 heterocycles. The van der Waals surface area contributed by atoms with E-state index in [-0.39, 0.29) is 0 Å². The topological polar surface area (TPSA) is 38.7 Å². The number of pyridine rings is 1. The van der Waals surface area contributed by atoms with Crippen molar-refractivity contribution in [2.45, 2.75) is 6.92 Å². The minimum atomic E-state index is -0.897. The molecule has 0 amide bonds. The lowest BCUT2D eigenvalue weighted by Gasteiger charge is -2.08. The summed E-state index contributed by atoms with van der Waals surface area (Å²) in [4.78, 5) is 13.5. The Morgan fingerprint density at radius 2 is 1.68 bits per heavy atom. The summed E-state index contributed by atoms with van der Waals surface area (Å²) in [5.41, 5.74) is 3.35. The standard InChI is InChI=1S/C20H13F2N3/c1-12-6-9-18(20-23-11-14-4-2-3-5-17(14)25-20)24-19(12)13-7-8-15(21)16(22)10-13/h2-11H,1H3. The third-order valence-corrected chi connectivity index (χ3v) is 4.01. The highest BCUT2D eigenvalue weighted by molar-refractivity contribution is 5.79. The first-order valence-corrected chi connectivity index (χ1v) is 7.77. The first-order valence-electron chi connectivity index (χ1n) is 7.77. The van der Waals surface area contributed by atoms with Crippen LogP contribution in [0.1, 0.15) is 5.56 Å². The fourth-order valence-electron chi connectivity index (χ4n) is 2.68. The summed E-state index contributed by atoms with van der Waals surface area (Å²) in [7, 11) is 0. The van der Waals surface area contributed by atoms with E-state index in [1.165, 1.54) is 6.07 Å². The molecule has 4 aromatic rings. The summed E-state index contributed by atoms with van der Waals surface area (Å²) in [6.07, 6.45) is 1.75. The molecule has 25 heavy (non-hydrogen) atoms. The zero-order chi connectivity index (χ0) is 17.4. The van der Waals surface area contributed by atoms with Crippen molar-refractivity contribution >= 4 is 10.9 Å². The number of halogens is 2. The SMILES string of the molecule is Cc1ccc(-c2ncc3ccccc3n2)nc1-c1ccc(F)c(F)c1. The summed E-state index contributed by atoms with van der Waals surface area (Å²) >= 11 is 0. The van der Waals surface area contributed by atoms with Crippen molar-refractivity contribution in [3.8, 4) is 22.8 Å². The van der Waals surface area contributed by atoms with Gasteiger partial charge in [0.05, 0.1) is 11.2 Å². The van der Waals surface area contributed by atoms with Crippen molar-refractivity contribution < 1.29 is 8.78 Å². The normalized spacial score (nSPS) is 11.0. The molecular weight excluding hydrogens is 320 g/mol. The molecule has 2 aromatic carbocycles. The first-order chi connectivity index (χ1) is 12.1. The molecule has 5 heteroatoms. The number of para-hydroxylation sites is 1. The Hall–Kier alpha value is -3.21. The van der Waals surface area contributed by atoms with E-state index in [9.17, 15) is 8.78 Å². The number of aromatic nitrogens is 3. The molecule has 0 unspecified atom stereocenters. The monoisotopic (exact) mass is 333 g/mol. The van der Waals surface area contributed by atoms with E-state index in [0.717, 1.165) is 28.6 Å². The molecule has 0 bridgehead atoms. The average Bonchev–Trinajstić information content (AvgIpc) is 2.64. The third kappa shape index (κ3) is 2.85. The Balaban J connectivity index is 1.84. The molecule has 122 valence electrons. The van der Waals surface area contributed by atoms with Crippen molar-refractivity contribution in [1.82, 2.24) is 15.0 Å². The number of benzene rings is 2. The van der Waals surface area contributed by atoms with Crippen LogP contribution in [0.3, 0.4) is 0 Å². The molecule has 0 radical (unpaired) electrons. The van der Waals surface area contributed by atoms with E-state index in [0.29, 0.717) is 22.8 Å². The summed E-state index contributed by atoms with van der Waals surface area (Å²) in [5, 5.41) is 0.944. The van der Waals surface area contributed by atoms with Crippen molar-refractivity contribution in [3.05, 3.63) is 78.0 Å². The van der Waals surface area contributed by atoms with Gasteiger partial charge in [-0.3, -0.25) is 0 Å². The fraction of sp³-hybridized carbons (Fsp3) is 0.0500. The summed E-state index contributed by atoms with van der Waals surface area (Å²) in [6, 6.07) is 15.1. The molecule has 0 fully saturated rings. The van der Waals surface area contributed by atoms with Gasteiger partial charge in [0.2, 0.25) is 0 Å². The number of rotatable bonds is 2. The number of fused-ring (bicyclic) bond motifs is 1. The van der Waals surface area contributed by atoms with Gasteiger partial charge in [0, 0.05) is 17.1 Å². The van der Waals surface area contributed by atoms with Crippen LogP contribution in [0.4, 0.5) is 8.78 Å². The maximum atomic E-state index is 13.6. The molecule has 0 saturated heterocycles. The van der Waals surface area contributed by atoms with E-state index in [4.69, 9.17) is 0 Å². The molecule has 4 rings (SSSR count). The smallest absolute Gasteiger partial charge is 0.178 e. The second-order valence-corrected chi connectivity index (χ2v) is 5.74. The van der Waals surface area contributed by atoms with Gasteiger partial charge in [-0.05, 0) is 42.8 Å². The van der Waals surface area contributed by atoms with E-state index >= 15 is 0 Å². The molecule has 0 N–H and O–H groups in total. The Labute approximate surface area is 143 Å². The average molecular weight is 333 g/mol. The zero-order valence-electron chi connectivity index (χ0n) is 13.4. The number of hydrogen-bond donors (Lipinski definition) is 0. The van der Waals surface area contributed by atoms with E-state index in [1.807, 2.05) is 43.3 Å². The second-order valence-electron chi connectivity index (χ2n) is 5.74. The van der Waals surface area contributed by atoms with Crippen LogP contribution in [0.25, 0.3) is 33.7 Å². The Kier molecular flexibility index (Phi) is 3.69. The van der Waals surface area contributed by atoms with Crippen LogP contribution < -0.4 is 0 Å². The predicted molar refractivity (Wildman–Crippen MR) is 92.9 cm³/mol. The predicted octanol–water partition coefficient (Wildman–Crippen LogP) is 4.95. The molecule has 3 nitrogen and oxygen atoms in total. The number of aryl methyl sites for hydroxylation is 1. The number of hydrogen-bond acceptors (Lipinski definition) is 3. The van der Waals surface area contributed by atoms with Gasteiger partial charge in [-0.1, -0.05) is 24.3 Å². The van der Waals surface area contributed by atoms with E-state index in [1.54, 1.807) is 6.20 Å². The van der Waals surface area contributed by atoms with Crippen LogP contribution >= 0.6 is 0 Å². The van der Waals surface area contributed by atoms with Gasteiger partial charge in [-0.15, -0.1) is 0 Å². The Morgan fingerprint density at radius 1 is 0.840 bits per heavy atom. The van der Waals surface area contributed by atoms with Crippen molar-refractivity contribution in [3.63, 3.8) is 0 Å². The summed E-state index contributed by atoms with van der Waals surface area (Å²) < 4.78 is 26.8. The molecule has 0 aliphatic heterocycles. The van der Waals surface area contributed by atoms with Crippen LogP contribution in [-0.2, 0) is 0 Å². The molecular formula is C20H13F2N3. The highest BCUT2D eigenvalue weighted by atomic mass is 19.2. The van der Waals surface area contributed by atoms with Gasteiger partial charge >= 0.3 is 0 Å². The molecule has 2 aromatic heterocycles. The minimum Gasteiger partial charge on any atom is -0.244 e. The van der Waals surface area contributed by atoms with Gasteiger partial charge in [0.15, 0.2) is 17.5 Å². The van der Waals surface area contributed by atoms with Crippen LogP contribution in [0, 0.1) is 18.6 Å². The van der Waals surface area contributed by atoms with Gasteiger partial charge in [0.25, 0.3) is 0 Å². The van der Waals surface area contributed by atoms with E-state index in [2.05, 4.69) is 15.0 Å². The largest absolute Gasteiger partial charge is 0.244 e. The van der Waals surface area contributed by atoms with Crippen molar-refractivity contribution in [2.75, 3.05) is 0 Å². The Morgan fingerprint density at radius 3 is 2.52 bits per heavy atom. The minimum absolute atomic E-state index is 0.488. The molecule has 0 aliphatic rings. The first kappa shape index (κ1) is 15.3. The maximum absolute atomic E-state index is 13.6. The summed E-state index contributed by atoms with van der Waals surface area (Å²) in [5.74, 6) is -1.29. The second kappa shape index (κ2) is 6.02. The quantitative estimate of drug-likeness (QED) is 0.521. The lowest BCUT2D eigenvalue weighted by molar-refractivity contribution is 0.509. The van der Waals surface area contributed by atoms with E-state index < -0.39 is 11.6 Å². The third-order valence-electron chi connectivity index (χ3n) is 4.01. The summed E-state index contributed by atoms with van der Waals surface area (Å²) in [6.45, 7) is 1.87. The van der Waals surface area contributed by atoms with Gasteiger partial charge in [-0.25, -0.2) is 23.7 Å². The molecule has 0 spiro atoms. The Bertz CT molecular complexity index is 1090. The zero-order valence-corrected chi connectivity index (χ0v) is 13.4. The van der Waals surface area contributed by atoms with Crippen molar-refractivity contribution in [1.29, 1.82) is 0 Å². The fourth-order valence-corrected chi connectivity index (χ4v) is 2.68.